The van der Waals surface area contributed by atoms with Crippen LogP contribution in [0.2, 0.25) is 0 Å². The number of nitrogens with zero attached hydrogens (tertiary/aromatic N) is 5. The molecular formula is C25H28N6O2S. The quantitative estimate of drug-likeness (QED) is 0.546. The number of thioether (sulfide) groups is 1. The van der Waals surface area contributed by atoms with Crippen molar-refractivity contribution in [2.45, 2.75) is 43.9 Å². The first-order valence-electron chi connectivity index (χ1n) is 11.5. The molecule has 1 N–H and O–H groups in total. The van der Waals surface area contributed by atoms with E-state index in [0.29, 0.717) is 16.5 Å². The van der Waals surface area contributed by atoms with E-state index in [1.54, 1.807) is 18.7 Å². The van der Waals surface area contributed by atoms with Gasteiger partial charge >= 0.3 is 0 Å². The standard InChI is InChI=1S/C25H28N6O2S/c1-25(2)23(33)26-19-12-6-7-13-20(19)31(25)22(32)17-34-24-28-27-21(16-29-14-8-9-15-29)30(24)18-10-4-3-5-11-18/h3-7,10-13H,8-9,14-17H2,1-2H3,(H,26,33). The average Bonchev–Trinajstić information content (AvgIpc) is 3.49. The summed E-state index contributed by atoms with van der Waals surface area (Å²) < 4.78 is 2.04. The number of rotatable bonds is 6. The molecule has 2 aliphatic rings. The van der Waals surface area contributed by atoms with Crippen molar-refractivity contribution in [3.8, 4) is 5.69 Å². The van der Waals surface area contributed by atoms with Crippen molar-refractivity contribution in [1.82, 2.24) is 19.7 Å². The number of likely N-dealkylation sites (tertiary alicyclic amines) is 1. The van der Waals surface area contributed by atoms with Crippen LogP contribution < -0.4 is 10.2 Å². The Labute approximate surface area is 203 Å². The van der Waals surface area contributed by atoms with Crippen LogP contribution in [0.3, 0.4) is 0 Å². The van der Waals surface area contributed by atoms with Gasteiger partial charge in [0.1, 0.15) is 5.54 Å². The highest BCUT2D eigenvalue weighted by atomic mass is 32.2. The molecule has 1 aromatic heterocycles. The van der Waals surface area contributed by atoms with Gasteiger partial charge in [-0.3, -0.25) is 24.0 Å². The molecule has 0 spiro atoms. The largest absolute Gasteiger partial charge is 0.322 e. The average molecular weight is 477 g/mol. The van der Waals surface area contributed by atoms with E-state index in [1.807, 2.05) is 59.2 Å². The van der Waals surface area contributed by atoms with E-state index in [9.17, 15) is 9.59 Å². The first-order valence-corrected chi connectivity index (χ1v) is 12.5. The predicted molar refractivity (Wildman–Crippen MR) is 133 cm³/mol. The molecule has 2 aromatic carbocycles. The fourth-order valence-corrected chi connectivity index (χ4v) is 5.38. The molecule has 5 rings (SSSR count). The number of nitrogens with one attached hydrogen (secondary N) is 1. The first-order chi connectivity index (χ1) is 16.4. The second kappa shape index (κ2) is 9.23. The maximum Gasteiger partial charge on any atom is 0.250 e. The summed E-state index contributed by atoms with van der Waals surface area (Å²) in [6.45, 7) is 6.38. The highest BCUT2D eigenvalue weighted by molar-refractivity contribution is 7.99. The van der Waals surface area contributed by atoms with Crippen LogP contribution in [0.1, 0.15) is 32.5 Å². The number of fused-ring (bicyclic) bond motifs is 1. The molecule has 2 aliphatic heterocycles. The lowest BCUT2D eigenvalue weighted by Gasteiger charge is -2.42. The summed E-state index contributed by atoms with van der Waals surface area (Å²) >= 11 is 1.35. The van der Waals surface area contributed by atoms with Gasteiger partial charge in [0, 0.05) is 5.69 Å². The van der Waals surface area contributed by atoms with Crippen molar-refractivity contribution in [3.63, 3.8) is 0 Å². The molecule has 3 heterocycles. The van der Waals surface area contributed by atoms with Crippen LogP contribution in [-0.2, 0) is 16.1 Å². The maximum atomic E-state index is 13.5. The zero-order valence-electron chi connectivity index (χ0n) is 19.4. The SMILES string of the molecule is CC1(C)C(=O)Nc2ccccc2N1C(=O)CSc1nnc(CN2CCCC2)n1-c1ccccc1. The third-order valence-corrected chi connectivity index (χ3v) is 7.27. The van der Waals surface area contributed by atoms with Crippen LogP contribution in [0.5, 0.6) is 0 Å². The van der Waals surface area contributed by atoms with Crippen molar-refractivity contribution in [1.29, 1.82) is 0 Å². The van der Waals surface area contributed by atoms with Crippen LogP contribution in [0.25, 0.3) is 5.69 Å². The monoisotopic (exact) mass is 476 g/mol. The molecule has 9 heteroatoms. The highest BCUT2D eigenvalue weighted by Crippen LogP contribution is 2.37. The second-order valence-electron chi connectivity index (χ2n) is 9.10. The zero-order chi connectivity index (χ0) is 23.7. The molecule has 0 unspecified atom stereocenters. The fourth-order valence-electron chi connectivity index (χ4n) is 4.56. The molecule has 0 aliphatic carbocycles. The number of benzene rings is 2. The van der Waals surface area contributed by atoms with Crippen LogP contribution >= 0.6 is 11.8 Å². The lowest BCUT2D eigenvalue weighted by Crippen LogP contribution is -2.59. The van der Waals surface area contributed by atoms with Crippen molar-refractivity contribution in [2.24, 2.45) is 0 Å². The van der Waals surface area contributed by atoms with E-state index in [1.165, 1.54) is 24.6 Å². The molecule has 1 saturated heterocycles. The van der Waals surface area contributed by atoms with Gasteiger partial charge in [-0.2, -0.15) is 0 Å². The van der Waals surface area contributed by atoms with Crippen LogP contribution in [0.4, 0.5) is 11.4 Å². The number of amides is 2. The molecular weight excluding hydrogens is 448 g/mol. The fraction of sp³-hybridized carbons (Fsp3) is 0.360. The maximum absolute atomic E-state index is 13.5. The van der Waals surface area contributed by atoms with E-state index in [0.717, 1.165) is 31.1 Å². The van der Waals surface area contributed by atoms with Crippen LogP contribution in [-0.4, -0.2) is 55.9 Å². The summed E-state index contributed by atoms with van der Waals surface area (Å²) in [5, 5.41) is 12.5. The van der Waals surface area contributed by atoms with E-state index in [4.69, 9.17) is 0 Å². The molecule has 2 amide bonds. The van der Waals surface area contributed by atoms with Gasteiger partial charge in [0.15, 0.2) is 11.0 Å². The molecule has 176 valence electrons. The summed E-state index contributed by atoms with van der Waals surface area (Å²) in [5.74, 6) is 0.650. The number of aromatic nitrogens is 3. The molecule has 8 nitrogen and oxygen atoms in total. The summed E-state index contributed by atoms with van der Waals surface area (Å²) in [4.78, 5) is 30.2. The Bertz CT molecular complexity index is 1200. The minimum atomic E-state index is -1.000. The van der Waals surface area contributed by atoms with Crippen molar-refractivity contribution in [2.75, 3.05) is 29.1 Å². The van der Waals surface area contributed by atoms with Gasteiger partial charge in [0.2, 0.25) is 11.8 Å². The van der Waals surface area contributed by atoms with Crippen molar-refractivity contribution in [3.05, 3.63) is 60.4 Å². The zero-order valence-corrected chi connectivity index (χ0v) is 20.2. The first kappa shape index (κ1) is 22.6. The molecule has 1 fully saturated rings. The Balaban J connectivity index is 1.41. The minimum absolute atomic E-state index is 0.139. The van der Waals surface area contributed by atoms with Crippen molar-refractivity contribution >= 4 is 35.0 Å². The number of hydrogen-bond acceptors (Lipinski definition) is 6. The number of para-hydroxylation sites is 3. The molecule has 3 aromatic rings. The summed E-state index contributed by atoms with van der Waals surface area (Å²) in [7, 11) is 0. The lowest BCUT2D eigenvalue weighted by molar-refractivity contribution is -0.125. The number of carbonyl (C=O) groups is 2. The van der Waals surface area contributed by atoms with Crippen molar-refractivity contribution < 1.29 is 9.59 Å². The van der Waals surface area contributed by atoms with Gasteiger partial charge in [0.05, 0.1) is 23.7 Å². The molecule has 0 atom stereocenters. The summed E-state index contributed by atoms with van der Waals surface area (Å²) in [5.41, 5.74) is 1.32. The Kier molecular flexibility index (Phi) is 6.14. The topological polar surface area (TPSA) is 83.4 Å². The predicted octanol–water partition coefficient (Wildman–Crippen LogP) is 3.72. The number of hydrogen-bond donors (Lipinski definition) is 1. The van der Waals surface area contributed by atoms with Gasteiger partial charge < -0.3 is 5.32 Å². The molecule has 0 saturated carbocycles. The highest BCUT2D eigenvalue weighted by Gasteiger charge is 2.43. The Hall–Kier alpha value is -3.17. The smallest absolute Gasteiger partial charge is 0.250 e. The van der Waals surface area contributed by atoms with Crippen LogP contribution in [0, 0.1) is 0 Å². The molecule has 34 heavy (non-hydrogen) atoms. The van der Waals surface area contributed by atoms with Gasteiger partial charge in [0.25, 0.3) is 0 Å². The Morgan fingerprint density at radius 2 is 1.74 bits per heavy atom. The third kappa shape index (κ3) is 4.21. The normalized spacial score (nSPS) is 17.5. The summed E-state index contributed by atoms with van der Waals surface area (Å²) in [6, 6.07) is 17.4. The lowest BCUT2D eigenvalue weighted by atomic mass is 9.96. The van der Waals surface area contributed by atoms with Crippen LogP contribution in [0.15, 0.2) is 59.8 Å². The summed E-state index contributed by atoms with van der Waals surface area (Å²) in [6.07, 6.45) is 2.41. The molecule has 0 bridgehead atoms. The Morgan fingerprint density at radius 3 is 2.50 bits per heavy atom. The second-order valence-corrected chi connectivity index (χ2v) is 10.0. The molecule has 0 radical (unpaired) electrons. The van der Waals surface area contributed by atoms with E-state index < -0.39 is 5.54 Å². The van der Waals surface area contributed by atoms with Gasteiger partial charge in [-0.25, -0.2) is 0 Å². The van der Waals surface area contributed by atoms with E-state index in [2.05, 4.69) is 20.4 Å². The van der Waals surface area contributed by atoms with Gasteiger partial charge in [-0.1, -0.05) is 42.1 Å². The van der Waals surface area contributed by atoms with E-state index >= 15 is 0 Å². The third-order valence-electron chi connectivity index (χ3n) is 6.36. The van der Waals surface area contributed by atoms with E-state index in [-0.39, 0.29) is 17.6 Å². The van der Waals surface area contributed by atoms with Gasteiger partial charge in [-0.05, 0) is 64.0 Å². The Morgan fingerprint density at radius 1 is 1.03 bits per heavy atom. The minimum Gasteiger partial charge on any atom is -0.322 e. The van der Waals surface area contributed by atoms with Gasteiger partial charge in [-0.15, -0.1) is 10.2 Å². The number of carbonyl (C=O) groups excluding carboxylic acids is 2. The number of anilines is 2.